The zero-order valence-corrected chi connectivity index (χ0v) is 5.63. The summed E-state index contributed by atoms with van der Waals surface area (Å²) in [6.07, 6.45) is 6.35. The van der Waals surface area contributed by atoms with Crippen LogP contribution in [0.5, 0.6) is 0 Å². The molecule has 2 rings (SSSR count). The van der Waals surface area contributed by atoms with Crippen LogP contribution in [0.4, 0.5) is 0 Å². The van der Waals surface area contributed by atoms with E-state index in [4.69, 9.17) is 0 Å². The van der Waals surface area contributed by atoms with Gasteiger partial charge in [-0.1, -0.05) is 12.2 Å². The van der Waals surface area contributed by atoms with Gasteiger partial charge in [0.2, 0.25) is 0 Å². The molecule has 0 aromatic heterocycles. The summed E-state index contributed by atoms with van der Waals surface area (Å²) in [4.78, 5) is 10.9. The second-order valence-corrected chi connectivity index (χ2v) is 2.67. The van der Waals surface area contributed by atoms with E-state index in [0.717, 1.165) is 6.54 Å². The Labute approximate surface area is 59.6 Å². The molecule has 0 aromatic carbocycles. The highest BCUT2D eigenvalue weighted by Crippen LogP contribution is 2.17. The molecule has 1 aliphatic heterocycles. The monoisotopic (exact) mass is 135 g/mol. The van der Waals surface area contributed by atoms with Crippen LogP contribution in [0.15, 0.2) is 23.8 Å². The highest BCUT2D eigenvalue weighted by atomic mass is 16.1. The molecule has 2 nitrogen and oxygen atoms in total. The lowest BCUT2D eigenvalue weighted by atomic mass is 9.98. The fourth-order valence-electron chi connectivity index (χ4n) is 1.41. The molecule has 10 heavy (non-hydrogen) atoms. The molecule has 0 saturated carbocycles. The van der Waals surface area contributed by atoms with Crippen molar-refractivity contribution < 1.29 is 4.79 Å². The topological polar surface area (TPSA) is 29.1 Å². The molecule has 1 aliphatic carbocycles. The average Bonchev–Trinajstić information content (AvgIpc) is 2.33. The molecular formula is C8H9NO. The number of carbonyl (C=O) groups is 1. The molecule has 2 heteroatoms. The third-order valence-corrected chi connectivity index (χ3v) is 1.97. The third-order valence-electron chi connectivity index (χ3n) is 1.97. The molecule has 1 atom stereocenters. The van der Waals surface area contributed by atoms with Gasteiger partial charge in [-0.25, -0.2) is 0 Å². The van der Waals surface area contributed by atoms with Crippen LogP contribution in [-0.4, -0.2) is 18.4 Å². The summed E-state index contributed by atoms with van der Waals surface area (Å²) in [6, 6.07) is 0.317. The molecule has 0 spiro atoms. The summed E-state index contributed by atoms with van der Waals surface area (Å²) < 4.78 is 0. The second kappa shape index (κ2) is 2.06. The van der Waals surface area contributed by atoms with E-state index in [2.05, 4.69) is 11.4 Å². The van der Waals surface area contributed by atoms with Crippen molar-refractivity contribution in [3.05, 3.63) is 23.8 Å². The van der Waals surface area contributed by atoms with Gasteiger partial charge in [0.15, 0.2) is 5.78 Å². The van der Waals surface area contributed by atoms with E-state index in [1.165, 1.54) is 5.57 Å². The van der Waals surface area contributed by atoms with Gasteiger partial charge in [0, 0.05) is 19.0 Å². The van der Waals surface area contributed by atoms with Crippen molar-refractivity contribution in [3.63, 3.8) is 0 Å². The van der Waals surface area contributed by atoms with E-state index in [-0.39, 0.29) is 5.78 Å². The van der Waals surface area contributed by atoms with Crippen LogP contribution in [0.3, 0.4) is 0 Å². The van der Waals surface area contributed by atoms with E-state index >= 15 is 0 Å². The number of hydrogen-bond donors (Lipinski definition) is 1. The molecule has 0 saturated heterocycles. The van der Waals surface area contributed by atoms with Gasteiger partial charge in [0.25, 0.3) is 0 Å². The molecule has 1 heterocycles. The molecule has 0 fully saturated rings. The Morgan fingerprint density at radius 2 is 2.40 bits per heavy atom. The standard InChI is InChI=1S/C8H9NO/c10-7-2-1-6-3-4-9-8(6)5-7/h1-3,8-9H,4-5H2. The van der Waals surface area contributed by atoms with Gasteiger partial charge in [-0.2, -0.15) is 0 Å². The van der Waals surface area contributed by atoms with Crippen LogP contribution in [-0.2, 0) is 4.79 Å². The minimum atomic E-state index is 0.233. The van der Waals surface area contributed by atoms with Gasteiger partial charge in [-0.15, -0.1) is 0 Å². The quantitative estimate of drug-likeness (QED) is 0.521. The van der Waals surface area contributed by atoms with Crippen LogP contribution < -0.4 is 5.32 Å². The van der Waals surface area contributed by atoms with E-state index in [0.29, 0.717) is 12.5 Å². The second-order valence-electron chi connectivity index (χ2n) is 2.67. The first-order valence-electron chi connectivity index (χ1n) is 3.50. The van der Waals surface area contributed by atoms with Crippen molar-refractivity contribution in [2.45, 2.75) is 12.5 Å². The van der Waals surface area contributed by atoms with Gasteiger partial charge in [-0.05, 0) is 11.6 Å². The molecular weight excluding hydrogens is 126 g/mol. The average molecular weight is 135 g/mol. The Balaban J connectivity index is 2.28. The lowest BCUT2D eigenvalue weighted by molar-refractivity contribution is -0.115. The SMILES string of the molecule is O=C1C=CC2=CCNC2C1. The van der Waals surface area contributed by atoms with Gasteiger partial charge in [0.05, 0.1) is 0 Å². The Morgan fingerprint density at radius 1 is 1.50 bits per heavy atom. The lowest BCUT2D eigenvalue weighted by Crippen LogP contribution is -2.28. The molecule has 0 bridgehead atoms. The Kier molecular flexibility index (Phi) is 1.21. The molecule has 0 radical (unpaired) electrons. The lowest BCUT2D eigenvalue weighted by Gasteiger charge is -2.14. The summed E-state index contributed by atoms with van der Waals surface area (Å²) in [7, 11) is 0. The zero-order chi connectivity index (χ0) is 6.97. The smallest absolute Gasteiger partial charge is 0.157 e. The van der Waals surface area contributed by atoms with E-state index < -0.39 is 0 Å². The number of ketones is 1. The third kappa shape index (κ3) is 0.809. The maximum atomic E-state index is 10.9. The Morgan fingerprint density at radius 3 is 3.30 bits per heavy atom. The first kappa shape index (κ1) is 5.86. The molecule has 1 N–H and O–H groups in total. The summed E-state index contributed by atoms with van der Waals surface area (Å²) in [5, 5.41) is 3.22. The van der Waals surface area contributed by atoms with Crippen LogP contribution in [0.2, 0.25) is 0 Å². The van der Waals surface area contributed by atoms with Gasteiger partial charge in [-0.3, -0.25) is 4.79 Å². The van der Waals surface area contributed by atoms with Crippen molar-refractivity contribution in [3.8, 4) is 0 Å². The van der Waals surface area contributed by atoms with Crippen LogP contribution in [0.1, 0.15) is 6.42 Å². The van der Waals surface area contributed by atoms with Crippen LogP contribution in [0.25, 0.3) is 0 Å². The first-order chi connectivity index (χ1) is 4.86. The minimum Gasteiger partial charge on any atom is -0.306 e. The van der Waals surface area contributed by atoms with Crippen molar-refractivity contribution in [2.75, 3.05) is 6.54 Å². The number of hydrogen-bond acceptors (Lipinski definition) is 2. The normalized spacial score (nSPS) is 30.2. The van der Waals surface area contributed by atoms with Crippen molar-refractivity contribution >= 4 is 5.78 Å². The summed E-state index contributed by atoms with van der Waals surface area (Å²) in [5.41, 5.74) is 1.28. The Bertz CT molecular complexity index is 227. The van der Waals surface area contributed by atoms with Crippen LogP contribution >= 0.6 is 0 Å². The maximum absolute atomic E-state index is 10.9. The highest BCUT2D eigenvalue weighted by Gasteiger charge is 2.21. The van der Waals surface area contributed by atoms with Crippen molar-refractivity contribution in [2.24, 2.45) is 0 Å². The number of fused-ring (bicyclic) bond motifs is 1. The molecule has 0 amide bonds. The fourth-order valence-corrected chi connectivity index (χ4v) is 1.41. The van der Waals surface area contributed by atoms with Crippen molar-refractivity contribution in [1.82, 2.24) is 5.32 Å². The van der Waals surface area contributed by atoms with Crippen LogP contribution in [0, 0.1) is 0 Å². The maximum Gasteiger partial charge on any atom is 0.157 e. The molecule has 52 valence electrons. The van der Waals surface area contributed by atoms with Gasteiger partial charge in [0.1, 0.15) is 0 Å². The summed E-state index contributed by atoms with van der Waals surface area (Å²) in [5.74, 6) is 0.233. The zero-order valence-electron chi connectivity index (χ0n) is 5.63. The van der Waals surface area contributed by atoms with Gasteiger partial charge >= 0.3 is 0 Å². The predicted octanol–water partition coefficient (Wildman–Crippen LogP) is 0.414. The number of allylic oxidation sites excluding steroid dienone is 1. The van der Waals surface area contributed by atoms with E-state index in [9.17, 15) is 4.79 Å². The predicted molar refractivity (Wildman–Crippen MR) is 38.6 cm³/mol. The largest absolute Gasteiger partial charge is 0.306 e. The molecule has 0 aromatic rings. The Hall–Kier alpha value is -0.890. The number of nitrogens with one attached hydrogen (secondary N) is 1. The highest BCUT2D eigenvalue weighted by molar-refractivity contribution is 5.92. The number of carbonyl (C=O) groups excluding carboxylic acids is 1. The number of rotatable bonds is 0. The molecule has 2 aliphatic rings. The molecule has 1 unspecified atom stereocenters. The van der Waals surface area contributed by atoms with Crippen molar-refractivity contribution in [1.29, 1.82) is 0 Å². The first-order valence-corrected chi connectivity index (χ1v) is 3.50. The summed E-state index contributed by atoms with van der Waals surface area (Å²) >= 11 is 0. The van der Waals surface area contributed by atoms with E-state index in [1.807, 2.05) is 6.08 Å². The van der Waals surface area contributed by atoms with Gasteiger partial charge < -0.3 is 5.32 Å². The van der Waals surface area contributed by atoms with E-state index in [1.54, 1.807) is 6.08 Å². The fraction of sp³-hybridized carbons (Fsp3) is 0.375. The summed E-state index contributed by atoms with van der Waals surface area (Å²) in [6.45, 7) is 0.914. The minimum absolute atomic E-state index is 0.233.